The van der Waals surface area contributed by atoms with Gasteiger partial charge in [-0.05, 0) is 36.8 Å². The van der Waals surface area contributed by atoms with E-state index < -0.39 is 15.9 Å². The Morgan fingerprint density at radius 2 is 1.87 bits per heavy atom. The number of sulfonamides is 1. The summed E-state index contributed by atoms with van der Waals surface area (Å²) in [5.74, 6) is -0.638. The Bertz CT molecular complexity index is 1140. The summed E-state index contributed by atoms with van der Waals surface area (Å²) in [6, 6.07) is 13.8. The van der Waals surface area contributed by atoms with Gasteiger partial charge >= 0.3 is 0 Å². The second kappa shape index (κ2) is 8.91. The number of nitrogens with zero attached hydrogens (tertiary/aromatic N) is 3. The number of carbonyl (C=O) groups excluding carboxylic acids is 2. The molecule has 0 saturated heterocycles. The first-order valence-electron chi connectivity index (χ1n) is 9.17. The van der Waals surface area contributed by atoms with Crippen molar-refractivity contribution in [3.8, 4) is 5.69 Å². The van der Waals surface area contributed by atoms with Crippen LogP contribution in [-0.2, 0) is 21.4 Å². The monoisotopic (exact) mass is 426 g/mol. The first kappa shape index (κ1) is 21.3. The van der Waals surface area contributed by atoms with Crippen LogP contribution in [0.3, 0.4) is 0 Å². The molecule has 0 radical (unpaired) electrons. The first-order chi connectivity index (χ1) is 14.2. The van der Waals surface area contributed by atoms with E-state index in [-0.39, 0.29) is 24.6 Å². The van der Waals surface area contributed by atoms with Crippen LogP contribution in [0.15, 0.2) is 67.3 Å². The number of anilines is 1. The van der Waals surface area contributed by atoms with E-state index in [1.54, 1.807) is 30.7 Å². The zero-order valence-corrected chi connectivity index (χ0v) is 17.5. The molecule has 3 rings (SSSR count). The van der Waals surface area contributed by atoms with Crippen molar-refractivity contribution in [2.75, 3.05) is 17.1 Å². The molecule has 0 atom stereocenters. The lowest BCUT2D eigenvalue weighted by atomic mass is 10.1. The summed E-state index contributed by atoms with van der Waals surface area (Å²) in [6.07, 6.45) is 6.23. The maximum atomic E-state index is 12.4. The number of hydrogen-bond donors (Lipinski definition) is 1. The molecule has 0 aliphatic carbocycles. The van der Waals surface area contributed by atoms with Crippen LogP contribution in [-0.4, -0.2) is 42.5 Å². The van der Waals surface area contributed by atoms with E-state index >= 15 is 0 Å². The van der Waals surface area contributed by atoms with Crippen LogP contribution in [0.2, 0.25) is 0 Å². The quantitative estimate of drug-likeness (QED) is 0.556. The van der Waals surface area contributed by atoms with Crippen LogP contribution in [0, 0.1) is 0 Å². The number of nitrogens with one attached hydrogen (secondary N) is 1. The molecule has 1 N–H and O–H groups in total. The van der Waals surface area contributed by atoms with Crippen molar-refractivity contribution in [3.05, 3.63) is 78.4 Å². The summed E-state index contributed by atoms with van der Waals surface area (Å²) in [7, 11) is -3.72. The highest BCUT2D eigenvalue weighted by Gasteiger charge is 2.21. The zero-order chi connectivity index (χ0) is 21.7. The molecule has 1 aromatic heterocycles. The van der Waals surface area contributed by atoms with Crippen molar-refractivity contribution >= 4 is 27.4 Å². The molecule has 1 heterocycles. The van der Waals surface area contributed by atoms with Gasteiger partial charge in [-0.15, -0.1) is 0 Å². The van der Waals surface area contributed by atoms with E-state index in [1.807, 2.05) is 35.0 Å². The van der Waals surface area contributed by atoms with Gasteiger partial charge in [0, 0.05) is 30.2 Å². The van der Waals surface area contributed by atoms with Crippen molar-refractivity contribution in [1.29, 1.82) is 0 Å². The Hall–Kier alpha value is -3.46. The summed E-state index contributed by atoms with van der Waals surface area (Å²) in [4.78, 5) is 28.0. The highest BCUT2D eigenvalue weighted by Crippen LogP contribution is 2.19. The number of benzene rings is 2. The fraction of sp³-hybridized carbons (Fsp3) is 0.190. The van der Waals surface area contributed by atoms with Crippen molar-refractivity contribution < 1.29 is 18.0 Å². The first-order valence-corrected chi connectivity index (χ1v) is 11.0. The molecular formula is C21H22N4O4S. The van der Waals surface area contributed by atoms with Gasteiger partial charge in [-0.1, -0.05) is 24.3 Å². The average Bonchev–Trinajstić information content (AvgIpc) is 3.25. The molecule has 1 amide bonds. The lowest BCUT2D eigenvalue weighted by Crippen LogP contribution is -2.40. The molecule has 0 bridgehead atoms. The minimum atomic E-state index is -3.72. The molecule has 0 fully saturated rings. The van der Waals surface area contributed by atoms with Gasteiger partial charge in [0.25, 0.3) is 0 Å². The Balaban J connectivity index is 1.67. The standard InChI is InChI=1S/C21H22N4O4S/c1-16(26)18-4-3-5-20(12-18)25(30(2,28)29)14-21(27)23-13-17-6-8-19(9-7-17)24-11-10-22-15-24/h3-12,15H,13-14H2,1-2H3,(H,23,27). The molecule has 156 valence electrons. The molecule has 0 aliphatic heterocycles. The second-order valence-electron chi connectivity index (χ2n) is 6.79. The Morgan fingerprint density at radius 1 is 1.13 bits per heavy atom. The predicted octanol–water partition coefficient (Wildman–Crippen LogP) is 2.16. The van der Waals surface area contributed by atoms with Crippen LogP contribution < -0.4 is 9.62 Å². The van der Waals surface area contributed by atoms with E-state index in [9.17, 15) is 18.0 Å². The van der Waals surface area contributed by atoms with Crippen LogP contribution in [0.5, 0.6) is 0 Å². The number of aromatic nitrogens is 2. The maximum absolute atomic E-state index is 12.4. The summed E-state index contributed by atoms with van der Waals surface area (Å²) in [5.41, 5.74) is 2.46. The predicted molar refractivity (Wildman–Crippen MR) is 114 cm³/mol. The van der Waals surface area contributed by atoms with Crippen LogP contribution in [0.1, 0.15) is 22.8 Å². The summed E-state index contributed by atoms with van der Waals surface area (Å²) in [6.45, 7) is 1.27. The molecule has 0 saturated carbocycles. The molecule has 0 spiro atoms. The van der Waals surface area contributed by atoms with Crippen LogP contribution in [0.4, 0.5) is 5.69 Å². The van der Waals surface area contributed by atoms with Gasteiger partial charge in [0.1, 0.15) is 6.54 Å². The average molecular weight is 426 g/mol. The molecule has 8 nitrogen and oxygen atoms in total. The number of imidazole rings is 1. The smallest absolute Gasteiger partial charge is 0.241 e. The van der Waals surface area contributed by atoms with Crippen molar-refractivity contribution in [1.82, 2.24) is 14.9 Å². The third-order valence-electron chi connectivity index (χ3n) is 4.46. The SMILES string of the molecule is CC(=O)c1cccc(N(CC(=O)NCc2ccc(-n3ccnc3)cc2)S(C)(=O)=O)c1. The molecular weight excluding hydrogens is 404 g/mol. The molecule has 0 unspecified atom stereocenters. The number of hydrogen-bond acceptors (Lipinski definition) is 5. The third-order valence-corrected chi connectivity index (χ3v) is 5.60. The fourth-order valence-corrected chi connectivity index (χ4v) is 3.71. The number of carbonyl (C=O) groups is 2. The second-order valence-corrected chi connectivity index (χ2v) is 8.70. The molecule has 9 heteroatoms. The Labute approximate surface area is 175 Å². The molecule has 3 aromatic rings. The van der Waals surface area contributed by atoms with Gasteiger partial charge < -0.3 is 9.88 Å². The van der Waals surface area contributed by atoms with Crippen LogP contribution in [0.25, 0.3) is 5.69 Å². The Kier molecular flexibility index (Phi) is 6.31. The maximum Gasteiger partial charge on any atom is 0.241 e. The lowest BCUT2D eigenvalue weighted by Gasteiger charge is -2.22. The van der Waals surface area contributed by atoms with E-state index in [2.05, 4.69) is 10.3 Å². The van der Waals surface area contributed by atoms with Crippen molar-refractivity contribution in [2.24, 2.45) is 0 Å². The highest BCUT2D eigenvalue weighted by molar-refractivity contribution is 7.92. The number of Topliss-reactive ketones (excluding diaryl/α,β-unsaturated/α-hetero) is 1. The lowest BCUT2D eigenvalue weighted by molar-refractivity contribution is -0.119. The molecule has 30 heavy (non-hydrogen) atoms. The van der Waals surface area contributed by atoms with Gasteiger partial charge in [0.2, 0.25) is 15.9 Å². The minimum Gasteiger partial charge on any atom is -0.350 e. The van der Waals surface area contributed by atoms with Gasteiger partial charge in [-0.2, -0.15) is 0 Å². The summed E-state index contributed by atoms with van der Waals surface area (Å²) < 4.78 is 27.3. The van der Waals surface area contributed by atoms with E-state index in [0.717, 1.165) is 21.8 Å². The number of rotatable bonds is 8. The number of ketones is 1. The summed E-state index contributed by atoms with van der Waals surface area (Å²) >= 11 is 0. The van der Waals surface area contributed by atoms with Gasteiger partial charge in [0.15, 0.2) is 5.78 Å². The van der Waals surface area contributed by atoms with Gasteiger partial charge in [-0.3, -0.25) is 13.9 Å². The van der Waals surface area contributed by atoms with E-state index in [1.165, 1.54) is 13.0 Å². The van der Waals surface area contributed by atoms with Gasteiger partial charge in [0.05, 0.1) is 18.3 Å². The van der Waals surface area contributed by atoms with Crippen molar-refractivity contribution in [2.45, 2.75) is 13.5 Å². The van der Waals surface area contributed by atoms with Gasteiger partial charge in [-0.25, -0.2) is 13.4 Å². The van der Waals surface area contributed by atoms with Crippen LogP contribution >= 0.6 is 0 Å². The highest BCUT2D eigenvalue weighted by atomic mass is 32.2. The number of amides is 1. The third kappa shape index (κ3) is 5.32. The normalized spacial score (nSPS) is 11.1. The summed E-state index contributed by atoms with van der Waals surface area (Å²) in [5, 5.41) is 2.73. The topological polar surface area (TPSA) is 101 Å². The fourth-order valence-electron chi connectivity index (χ4n) is 2.86. The zero-order valence-electron chi connectivity index (χ0n) is 16.6. The van der Waals surface area contributed by atoms with E-state index in [0.29, 0.717) is 5.56 Å². The van der Waals surface area contributed by atoms with Crippen molar-refractivity contribution in [3.63, 3.8) is 0 Å². The largest absolute Gasteiger partial charge is 0.350 e. The molecule has 2 aromatic carbocycles. The minimum absolute atomic E-state index is 0.186. The molecule has 0 aliphatic rings. The van der Waals surface area contributed by atoms with E-state index in [4.69, 9.17) is 0 Å². The Morgan fingerprint density at radius 3 is 2.47 bits per heavy atom.